The largest absolute Gasteiger partial charge is 0.489 e. The molecule has 4 rings (SSSR count). The number of ether oxygens (including phenoxy) is 1. The van der Waals surface area contributed by atoms with Crippen LogP contribution in [0.15, 0.2) is 48.5 Å². The van der Waals surface area contributed by atoms with Gasteiger partial charge in [-0.3, -0.25) is 14.5 Å². The predicted octanol–water partition coefficient (Wildman–Crippen LogP) is 3.60. The Morgan fingerprint density at radius 1 is 0.939 bits per heavy atom. The predicted molar refractivity (Wildman–Crippen MR) is 129 cm³/mol. The molecule has 1 aliphatic carbocycles. The smallest absolute Gasteiger partial charge is 0.253 e. The number of nitrogens with zero attached hydrogens (tertiary/aromatic N) is 2. The van der Waals surface area contributed by atoms with E-state index in [1.54, 1.807) is 0 Å². The van der Waals surface area contributed by atoms with E-state index < -0.39 is 0 Å². The quantitative estimate of drug-likeness (QED) is 0.702. The van der Waals surface area contributed by atoms with Crippen LogP contribution in [-0.2, 0) is 16.8 Å². The molecule has 0 aromatic heterocycles. The summed E-state index contributed by atoms with van der Waals surface area (Å²) in [6, 6.07) is 16.3. The van der Waals surface area contributed by atoms with Crippen molar-refractivity contribution in [2.24, 2.45) is 0 Å². The second kappa shape index (κ2) is 9.96. The van der Waals surface area contributed by atoms with Gasteiger partial charge in [-0.1, -0.05) is 45.0 Å². The van der Waals surface area contributed by atoms with Gasteiger partial charge in [-0.05, 0) is 53.6 Å². The fraction of sp³-hybridized carbons (Fsp3) is 0.481. The second-order valence-corrected chi connectivity index (χ2v) is 10.2. The number of hydrogen-bond donors (Lipinski definition) is 1. The van der Waals surface area contributed by atoms with E-state index in [1.807, 2.05) is 41.3 Å². The third-order valence-corrected chi connectivity index (χ3v) is 6.30. The number of carbonyl (C=O) groups is 2. The molecule has 6 nitrogen and oxygen atoms in total. The molecule has 33 heavy (non-hydrogen) atoms. The summed E-state index contributed by atoms with van der Waals surface area (Å²) < 4.78 is 5.91. The Balaban J connectivity index is 1.23. The van der Waals surface area contributed by atoms with Crippen molar-refractivity contribution in [2.45, 2.75) is 51.7 Å². The van der Waals surface area contributed by atoms with Crippen molar-refractivity contribution in [1.82, 2.24) is 15.1 Å². The van der Waals surface area contributed by atoms with Gasteiger partial charge in [0.25, 0.3) is 5.91 Å². The molecule has 1 heterocycles. The van der Waals surface area contributed by atoms with E-state index in [0.29, 0.717) is 37.8 Å². The third-order valence-electron chi connectivity index (χ3n) is 6.30. The van der Waals surface area contributed by atoms with Crippen molar-refractivity contribution in [3.05, 3.63) is 65.2 Å². The van der Waals surface area contributed by atoms with Crippen LogP contribution in [0.5, 0.6) is 5.75 Å². The maximum Gasteiger partial charge on any atom is 0.253 e. The first-order valence-corrected chi connectivity index (χ1v) is 11.9. The normalized spacial score (nSPS) is 17.0. The number of carbonyl (C=O) groups excluding carboxylic acids is 2. The van der Waals surface area contributed by atoms with Gasteiger partial charge in [0.1, 0.15) is 12.4 Å². The molecule has 0 bridgehead atoms. The zero-order valence-corrected chi connectivity index (χ0v) is 20.0. The molecule has 0 radical (unpaired) electrons. The van der Waals surface area contributed by atoms with Crippen LogP contribution in [0.25, 0.3) is 0 Å². The highest BCUT2D eigenvalue weighted by Crippen LogP contribution is 2.24. The first kappa shape index (κ1) is 23.3. The van der Waals surface area contributed by atoms with Crippen LogP contribution < -0.4 is 10.1 Å². The Hall–Kier alpha value is -2.86. The van der Waals surface area contributed by atoms with Crippen molar-refractivity contribution >= 4 is 11.8 Å². The highest BCUT2D eigenvalue weighted by atomic mass is 16.5. The van der Waals surface area contributed by atoms with Gasteiger partial charge in [0.05, 0.1) is 6.54 Å². The third kappa shape index (κ3) is 6.57. The second-order valence-electron chi connectivity index (χ2n) is 10.2. The number of amides is 2. The van der Waals surface area contributed by atoms with E-state index in [2.05, 4.69) is 43.1 Å². The minimum Gasteiger partial charge on any atom is -0.489 e. The fourth-order valence-corrected chi connectivity index (χ4v) is 3.96. The van der Waals surface area contributed by atoms with E-state index in [-0.39, 0.29) is 17.2 Å². The summed E-state index contributed by atoms with van der Waals surface area (Å²) in [5, 5.41) is 3.02. The molecule has 6 heteroatoms. The van der Waals surface area contributed by atoms with Gasteiger partial charge >= 0.3 is 0 Å². The van der Waals surface area contributed by atoms with Gasteiger partial charge < -0.3 is 15.0 Å². The molecule has 2 aromatic rings. The van der Waals surface area contributed by atoms with Gasteiger partial charge in [-0.25, -0.2) is 0 Å². The minimum atomic E-state index is 0.0438. The first-order valence-electron chi connectivity index (χ1n) is 11.9. The molecular weight excluding hydrogens is 414 g/mol. The maximum atomic E-state index is 12.9. The molecule has 2 aromatic carbocycles. The van der Waals surface area contributed by atoms with Crippen LogP contribution in [-0.4, -0.2) is 60.4 Å². The van der Waals surface area contributed by atoms with Crippen molar-refractivity contribution in [2.75, 3.05) is 32.7 Å². The lowest BCUT2D eigenvalue weighted by Crippen LogP contribution is -2.51. The highest BCUT2D eigenvalue weighted by molar-refractivity contribution is 5.94. The molecule has 1 saturated heterocycles. The molecule has 0 unspecified atom stereocenters. The number of benzene rings is 2. The molecule has 1 aliphatic heterocycles. The lowest BCUT2D eigenvalue weighted by molar-refractivity contribution is -0.122. The highest BCUT2D eigenvalue weighted by Gasteiger charge is 2.26. The molecule has 2 aliphatic rings. The van der Waals surface area contributed by atoms with E-state index in [0.717, 1.165) is 37.2 Å². The fourth-order valence-electron chi connectivity index (χ4n) is 3.96. The summed E-state index contributed by atoms with van der Waals surface area (Å²) >= 11 is 0. The van der Waals surface area contributed by atoms with Gasteiger partial charge in [-0.2, -0.15) is 0 Å². The molecular formula is C27H35N3O3. The van der Waals surface area contributed by atoms with E-state index >= 15 is 0 Å². The summed E-state index contributed by atoms with van der Waals surface area (Å²) in [6.45, 7) is 10.2. The lowest BCUT2D eigenvalue weighted by atomic mass is 9.87. The zero-order chi connectivity index (χ0) is 23.4. The van der Waals surface area contributed by atoms with Gasteiger partial charge in [0, 0.05) is 37.8 Å². The Morgan fingerprint density at radius 2 is 1.58 bits per heavy atom. The van der Waals surface area contributed by atoms with Crippen LogP contribution in [0.4, 0.5) is 0 Å². The van der Waals surface area contributed by atoms with Crippen molar-refractivity contribution in [3.63, 3.8) is 0 Å². The molecule has 1 saturated carbocycles. The Morgan fingerprint density at radius 3 is 2.15 bits per heavy atom. The molecule has 2 fully saturated rings. The molecule has 1 N–H and O–H groups in total. The summed E-state index contributed by atoms with van der Waals surface area (Å²) in [6.07, 6.45) is 2.20. The van der Waals surface area contributed by atoms with E-state index in [1.165, 1.54) is 5.56 Å². The van der Waals surface area contributed by atoms with Crippen LogP contribution in [0.3, 0.4) is 0 Å². The summed E-state index contributed by atoms with van der Waals surface area (Å²) in [5.74, 6) is 0.981. The maximum absolute atomic E-state index is 12.9. The Bertz CT molecular complexity index is 952. The summed E-state index contributed by atoms with van der Waals surface area (Å²) in [5.41, 5.74) is 3.12. The molecule has 0 atom stereocenters. The van der Waals surface area contributed by atoms with E-state index in [4.69, 9.17) is 4.74 Å². The van der Waals surface area contributed by atoms with Crippen molar-refractivity contribution < 1.29 is 14.3 Å². The first-order chi connectivity index (χ1) is 15.8. The number of rotatable bonds is 7. The minimum absolute atomic E-state index is 0.0438. The number of piperazine rings is 1. The molecule has 2 amide bonds. The average molecular weight is 450 g/mol. The van der Waals surface area contributed by atoms with Crippen LogP contribution in [0.2, 0.25) is 0 Å². The molecule has 0 spiro atoms. The van der Waals surface area contributed by atoms with Gasteiger partial charge in [0.2, 0.25) is 5.91 Å². The Labute approximate surface area is 196 Å². The van der Waals surface area contributed by atoms with Crippen LogP contribution in [0, 0.1) is 0 Å². The SMILES string of the molecule is CC(C)(C)c1ccc(OCc2ccc(C(=O)N3CCN(CC(=O)NC4CC4)CC3)cc2)cc1. The van der Waals surface area contributed by atoms with Gasteiger partial charge in [-0.15, -0.1) is 0 Å². The number of nitrogens with one attached hydrogen (secondary N) is 1. The van der Waals surface area contributed by atoms with Crippen molar-refractivity contribution in [3.8, 4) is 5.75 Å². The zero-order valence-electron chi connectivity index (χ0n) is 20.0. The monoisotopic (exact) mass is 449 g/mol. The topological polar surface area (TPSA) is 61.9 Å². The van der Waals surface area contributed by atoms with Gasteiger partial charge in [0.15, 0.2) is 0 Å². The van der Waals surface area contributed by atoms with E-state index in [9.17, 15) is 9.59 Å². The lowest BCUT2D eigenvalue weighted by Gasteiger charge is -2.34. The summed E-state index contributed by atoms with van der Waals surface area (Å²) in [4.78, 5) is 28.9. The number of hydrogen-bond acceptors (Lipinski definition) is 4. The van der Waals surface area contributed by atoms with Crippen LogP contribution >= 0.6 is 0 Å². The summed E-state index contributed by atoms with van der Waals surface area (Å²) in [7, 11) is 0. The average Bonchev–Trinajstić information content (AvgIpc) is 3.61. The Kier molecular flexibility index (Phi) is 7.03. The van der Waals surface area contributed by atoms with Crippen LogP contribution in [0.1, 0.15) is 55.1 Å². The standard InChI is InChI=1S/C27H35N3O3/c1-27(2,3)22-8-12-24(13-9-22)33-19-20-4-6-21(7-5-20)26(32)30-16-14-29(15-17-30)18-25(31)28-23-10-11-23/h4-9,12-13,23H,10-11,14-19H2,1-3H3,(H,28,31). The van der Waals surface area contributed by atoms with Crippen molar-refractivity contribution in [1.29, 1.82) is 0 Å². The molecule has 176 valence electrons.